The number of H-pyrrole nitrogens is 2. The van der Waals surface area contributed by atoms with Gasteiger partial charge in [-0.15, -0.1) is 0 Å². The Morgan fingerprint density at radius 1 is 0.458 bits per heavy atom. The number of nitrogens with zero attached hydrogens (tertiary/aromatic N) is 3. The van der Waals surface area contributed by atoms with Crippen LogP contribution in [0, 0.1) is 0 Å². The first-order valence-electron chi connectivity index (χ1n) is 26.4. The molecule has 32 heteroatoms. The van der Waals surface area contributed by atoms with Gasteiger partial charge in [-0.25, -0.2) is 4.79 Å². The molecule has 2 aromatic carbocycles. The minimum atomic E-state index is -1.64. The van der Waals surface area contributed by atoms with Gasteiger partial charge in [0.1, 0.15) is 36.3 Å². The third-order valence-corrected chi connectivity index (χ3v) is 12.6. The first kappa shape index (κ1) is 65.5. The number of aliphatic carboxylic acids is 1. The maximum absolute atomic E-state index is 14.8. The van der Waals surface area contributed by atoms with Crippen molar-refractivity contribution in [1.29, 1.82) is 0 Å². The minimum Gasteiger partial charge on any atom is -0.480 e. The number of carbonyl (C=O) groups is 10. The molecule has 4 aromatic rings. The number of hydrogen-bond donors (Lipinski definition) is 19. The van der Waals surface area contributed by atoms with Crippen molar-refractivity contribution < 1.29 is 53.1 Å². The summed E-state index contributed by atoms with van der Waals surface area (Å²) in [5.41, 5.74) is 46.1. The molecule has 0 saturated carbocycles. The Kier molecular flexibility index (Phi) is 26.5. The molecule has 0 unspecified atom stereocenters. The number of guanidine groups is 3. The number of carboxylic acid groups (broad SMARTS) is 1. The second-order valence-corrected chi connectivity index (χ2v) is 19.0. The van der Waals surface area contributed by atoms with E-state index in [9.17, 15) is 53.1 Å². The molecule has 2 aromatic heterocycles. The van der Waals surface area contributed by atoms with Crippen LogP contribution < -0.4 is 88.4 Å². The summed E-state index contributed by atoms with van der Waals surface area (Å²) in [5, 5.41) is 31.5. The number of aromatic amines is 2. The van der Waals surface area contributed by atoms with E-state index in [1.165, 1.54) is 0 Å². The number of aromatic nitrogens is 2. The largest absolute Gasteiger partial charge is 0.480 e. The van der Waals surface area contributed by atoms with Gasteiger partial charge in [0.2, 0.25) is 53.2 Å². The van der Waals surface area contributed by atoms with Gasteiger partial charge in [0.05, 0.1) is 19.6 Å². The summed E-state index contributed by atoms with van der Waals surface area (Å²) in [7, 11) is 0. The van der Waals surface area contributed by atoms with E-state index in [2.05, 4.69) is 67.5 Å². The van der Waals surface area contributed by atoms with Crippen molar-refractivity contribution in [3.05, 3.63) is 72.1 Å². The third-order valence-electron chi connectivity index (χ3n) is 12.6. The Balaban J connectivity index is 1.70. The molecule has 0 bridgehead atoms. The fraction of sp³-hybridized carbons (Fsp3) is 0.431. The maximum atomic E-state index is 14.8. The molecule has 0 saturated heterocycles. The molecule has 0 aliphatic carbocycles. The monoisotopic (exact) mass is 1160 g/mol. The molecule has 6 atom stereocenters. The Hall–Kier alpha value is -10.0. The Morgan fingerprint density at radius 2 is 0.819 bits per heavy atom. The highest BCUT2D eigenvalue weighted by atomic mass is 16.4. The van der Waals surface area contributed by atoms with E-state index in [4.69, 9.17) is 45.9 Å². The molecule has 0 radical (unpaired) electrons. The van der Waals surface area contributed by atoms with E-state index in [-0.39, 0.29) is 95.4 Å². The second-order valence-electron chi connectivity index (χ2n) is 19.0. The first-order chi connectivity index (χ1) is 39.5. The van der Waals surface area contributed by atoms with Crippen LogP contribution in [0.5, 0.6) is 0 Å². The van der Waals surface area contributed by atoms with Crippen LogP contribution in [-0.2, 0) is 60.8 Å². The summed E-state index contributed by atoms with van der Waals surface area (Å²) in [6, 6.07) is 5.15. The van der Waals surface area contributed by atoms with E-state index in [1.807, 2.05) is 0 Å². The number of amides is 9. The van der Waals surface area contributed by atoms with Crippen LogP contribution >= 0.6 is 0 Å². The number of fused-ring (bicyclic) bond motifs is 2. The average Bonchev–Trinajstić information content (AvgIpc) is 4.11. The normalized spacial score (nSPS) is 13.0. The fourth-order valence-electron chi connectivity index (χ4n) is 8.42. The highest BCUT2D eigenvalue weighted by Crippen LogP contribution is 2.21. The van der Waals surface area contributed by atoms with Crippen LogP contribution in [0.2, 0.25) is 0 Å². The van der Waals surface area contributed by atoms with Gasteiger partial charge in [-0.05, 0) is 68.2 Å². The predicted octanol–water partition coefficient (Wildman–Crippen LogP) is -5.95. The van der Waals surface area contributed by atoms with Crippen molar-refractivity contribution >= 4 is 98.8 Å². The van der Waals surface area contributed by atoms with Gasteiger partial charge in [0.15, 0.2) is 17.9 Å². The summed E-state index contributed by atoms with van der Waals surface area (Å²) in [6.45, 7) is -1.41. The number of hydrogen-bond acceptors (Lipinski definition) is 14. The molecule has 32 nitrogen and oxygen atoms in total. The number of nitrogens with one attached hydrogen (secondary N) is 10. The van der Waals surface area contributed by atoms with Gasteiger partial charge in [-0.1, -0.05) is 36.4 Å². The van der Waals surface area contributed by atoms with E-state index < -0.39 is 121 Å². The summed E-state index contributed by atoms with van der Waals surface area (Å²) in [6.07, 6.45) is 1.94. The summed E-state index contributed by atoms with van der Waals surface area (Å²) < 4.78 is 0. The van der Waals surface area contributed by atoms with E-state index in [0.717, 1.165) is 0 Å². The fourth-order valence-corrected chi connectivity index (χ4v) is 8.42. The lowest BCUT2D eigenvalue weighted by molar-refractivity contribution is -0.142. The summed E-state index contributed by atoms with van der Waals surface area (Å²) in [4.78, 5) is 152. The van der Waals surface area contributed by atoms with Crippen LogP contribution in [0.15, 0.2) is 75.9 Å². The number of nitrogens with two attached hydrogens (primary N) is 8. The van der Waals surface area contributed by atoms with Gasteiger partial charge in [-0.2, -0.15) is 0 Å². The summed E-state index contributed by atoms with van der Waals surface area (Å²) >= 11 is 0. The highest BCUT2D eigenvalue weighted by Gasteiger charge is 2.35. The average molecular weight is 1160 g/mol. The lowest BCUT2D eigenvalue weighted by Gasteiger charge is -2.27. The maximum Gasteiger partial charge on any atom is 0.326 e. The molecule has 4 rings (SSSR count). The molecule has 0 fully saturated rings. The van der Waals surface area contributed by atoms with Gasteiger partial charge >= 0.3 is 5.97 Å². The first-order valence-corrected chi connectivity index (χ1v) is 26.4. The van der Waals surface area contributed by atoms with Gasteiger partial charge < -0.3 is 103 Å². The molecule has 9 amide bonds. The SMILES string of the molecule is NCC(=O)NCC(=O)NCC(=O)N[C@@H](CCCN=C(N)N)C(=O)N[C@@H](Cc1c[nH]c2ccccc12)C(=O)N[C@@H](CCC(N)=O)C(=O)N[C@@H](Cc1c[nH]c2ccccc12)C(=O)N[C@@H](CCCN=C(N)N)C(=O)N[C@@H](CCCN=C(N)N)C(=O)O. The van der Waals surface area contributed by atoms with E-state index in [1.54, 1.807) is 60.9 Å². The highest BCUT2D eigenvalue weighted by molar-refractivity contribution is 5.98. The number of benzene rings is 2. The zero-order chi connectivity index (χ0) is 61.0. The van der Waals surface area contributed by atoms with Gasteiger partial charge in [0.25, 0.3) is 0 Å². The Morgan fingerprint density at radius 3 is 1.24 bits per heavy atom. The number of carboxylic acids is 1. The topological polar surface area (TPSA) is 564 Å². The third kappa shape index (κ3) is 22.9. The molecule has 83 heavy (non-hydrogen) atoms. The lowest BCUT2D eigenvalue weighted by atomic mass is 10.0. The smallest absolute Gasteiger partial charge is 0.326 e. The second kappa shape index (κ2) is 33.5. The zero-order valence-corrected chi connectivity index (χ0v) is 45.5. The van der Waals surface area contributed by atoms with Crippen molar-refractivity contribution in [1.82, 2.24) is 52.5 Å². The van der Waals surface area contributed by atoms with E-state index in [0.29, 0.717) is 32.9 Å². The number of aliphatic imine (C=N–C) groups is 3. The van der Waals surface area contributed by atoms with E-state index >= 15 is 0 Å². The molecule has 0 aliphatic rings. The number of carbonyl (C=O) groups excluding carboxylic acids is 9. The van der Waals surface area contributed by atoms with Crippen LogP contribution in [0.1, 0.15) is 62.5 Å². The van der Waals surface area contributed by atoms with Crippen molar-refractivity contribution in [3.63, 3.8) is 0 Å². The molecule has 0 aliphatic heterocycles. The number of primary amides is 1. The molecule has 450 valence electrons. The standard InChI is InChI=1S/C51H75N21O11/c52-22-40(74)65-25-41(75)66-26-42(76)67-33(12-5-17-60-49(54)55)43(77)71-38(21-28-24-64-32-11-4-2-9-30(28)32)47(81)69-35(15-16-39(53)73)45(79)72-37(20-27-23-63-31-10-3-1-8-29(27)31)46(80)68-34(13-6-18-61-50(56)57)44(78)70-36(48(82)83)14-7-19-62-51(58)59/h1-4,8-11,23-24,33-38,63-64H,5-7,12-22,25-26,52H2,(H2,53,73)(H,65,74)(H,66,75)(H,67,76)(H,68,80)(H,69,81)(H,70,78)(H,71,77)(H,72,79)(H,82,83)(H4,54,55,60)(H4,56,57,61)(H4,58,59,62)/t33-,34-,35-,36-,37-,38-/m0/s1. The van der Waals surface area contributed by atoms with Crippen molar-refractivity contribution in [2.45, 2.75) is 100 Å². The van der Waals surface area contributed by atoms with Crippen LogP contribution in [0.25, 0.3) is 21.8 Å². The zero-order valence-electron chi connectivity index (χ0n) is 45.5. The quantitative estimate of drug-likeness (QED) is 0.0115. The van der Waals surface area contributed by atoms with Crippen LogP contribution in [0.3, 0.4) is 0 Å². The molecule has 0 spiro atoms. The number of para-hydroxylation sites is 2. The Bertz CT molecular complexity index is 3000. The van der Waals surface area contributed by atoms with Crippen LogP contribution in [0.4, 0.5) is 0 Å². The molecular weight excluding hydrogens is 1080 g/mol. The molecule has 27 N–H and O–H groups in total. The Labute approximate surface area is 475 Å². The molecular formula is C51H75N21O11. The van der Waals surface area contributed by atoms with Gasteiger partial charge in [0, 0.05) is 73.1 Å². The van der Waals surface area contributed by atoms with Crippen molar-refractivity contribution in [3.8, 4) is 0 Å². The summed E-state index contributed by atoms with van der Waals surface area (Å²) in [5.74, 6) is -9.85. The van der Waals surface area contributed by atoms with Crippen LogP contribution in [-0.4, -0.2) is 168 Å². The lowest BCUT2D eigenvalue weighted by Crippen LogP contribution is -2.60. The number of rotatable bonds is 36. The molecule has 2 heterocycles. The van der Waals surface area contributed by atoms with Crippen molar-refractivity contribution in [2.75, 3.05) is 39.3 Å². The predicted molar refractivity (Wildman–Crippen MR) is 306 cm³/mol. The minimum absolute atomic E-state index is 0.00886. The van der Waals surface area contributed by atoms with Crippen molar-refractivity contribution in [2.24, 2.45) is 60.8 Å². The van der Waals surface area contributed by atoms with Gasteiger partial charge in [-0.3, -0.25) is 58.1 Å².